The van der Waals surface area contributed by atoms with E-state index in [0.29, 0.717) is 19.3 Å². The number of unbranched alkanes of at least 4 members (excludes halogenated alkanes) is 47. The second-order valence-corrected chi connectivity index (χ2v) is 24.8. The molecule has 6 heteroatoms. The van der Waals surface area contributed by atoms with E-state index in [-0.39, 0.29) is 31.1 Å². The number of hydrogen-bond acceptors (Lipinski definition) is 6. The Labute approximate surface area is 517 Å². The lowest BCUT2D eigenvalue weighted by Crippen LogP contribution is -2.30. The summed E-state index contributed by atoms with van der Waals surface area (Å²) in [6.07, 6.45) is 93.3. The second kappa shape index (κ2) is 71.6. The molecule has 0 rings (SSSR count). The van der Waals surface area contributed by atoms with Crippen LogP contribution >= 0.6 is 0 Å². The number of allylic oxidation sites excluding steroid dienone is 10. The molecule has 0 N–H and O–H groups in total. The predicted molar refractivity (Wildman–Crippen MR) is 362 cm³/mol. The normalized spacial score (nSPS) is 12.4. The smallest absolute Gasteiger partial charge is 0.306 e. The Morgan fingerprint density at radius 3 is 0.735 bits per heavy atom. The van der Waals surface area contributed by atoms with Crippen molar-refractivity contribution >= 4 is 17.9 Å². The van der Waals surface area contributed by atoms with Gasteiger partial charge in [-0.15, -0.1) is 0 Å². The molecule has 0 aromatic rings. The molecule has 1 unspecified atom stereocenters. The van der Waals surface area contributed by atoms with Crippen LogP contribution in [0.3, 0.4) is 0 Å². The summed E-state index contributed by atoms with van der Waals surface area (Å²) in [5.41, 5.74) is 0. The molecule has 0 aliphatic heterocycles. The third-order valence-electron chi connectivity index (χ3n) is 16.5. The molecular weight excluding hydrogens is 1020 g/mol. The van der Waals surface area contributed by atoms with Crippen LogP contribution < -0.4 is 0 Å². The molecule has 0 heterocycles. The SMILES string of the molecule is CC/C=C\C/C=C\C/C=C\C/C=C\C/C=C\CCCCCCCCCCCCCCCC(=O)OC(COC(=O)CCCCCCC)COC(=O)CCCCCCCCCCCCCCCCCCCCCCCCCCCCCCCCC. The van der Waals surface area contributed by atoms with Crippen LogP contribution in [-0.2, 0) is 28.6 Å². The van der Waals surface area contributed by atoms with Gasteiger partial charge in [0.1, 0.15) is 13.2 Å². The minimum atomic E-state index is -0.770. The van der Waals surface area contributed by atoms with E-state index < -0.39 is 6.10 Å². The highest BCUT2D eigenvalue weighted by atomic mass is 16.6. The first-order chi connectivity index (χ1) is 41.0. The average molecular weight is 1160 g/mol. The van der Waals surface area contributed by atoms with Gasteiger partial charge in [-0.05, 0) is 64.2 Å². The van der Waals surface area contributed by atoms with Crippen LogP contribution in [0, 0.1) is 0 Å². The maximum atomic E-state index is 12.9. The van der Waals surface area contributed by atoms with Gasteiger partial charge in [0.05, 0.1) is 0 Å². The summed E-state index contributed by atoms with van der Waals surface area (Å²) in [4.78, 5) is 38.1. The standard InChI is InChI=1S/C77H140O6/c1-4-7-10-13-15-17-19-21-23-25-27-29-31-33-35-37-38-40-41-43-45-47-49-51-53-55-57-59-61-64-67-70-76(79)82-73-74(72-81-75(78)69-66-63-12-9-6-3)83-77(80)71-68-65-62-60-58-56-54-52-50-48-46-44-42-39-36-34-32-30-28-26-24-22-20-18-16-14-11-8-5-2/h8,11,16,18,22,24,28,30,34,36,74H,4-7,9-10,12-15,17,19-21,23,25-27,29,31-33,35,37-73H2,1-3H3/b11-8-,18-16-,24-22-,30-28-,36-34-. The first-order valence-electron chi connectivity index (χ1n) is 36.8. The molecule has 0 fully saturated rings. The molecule has 0 amide bonds. The molecule has 484 valence electrons. The summed E-state index contributed by atoms with van der Waals surface area (Å²) in [5.74, 6) is -0.863. The quantitative estimate of drug-likeness (QED) is 0.0261. The fraction of sp³-hybridized carbons (Fsp3) is 0.831. The topological polar surface area (TPSA) is 78.9 Å². The van der Waals surface area contributed by atoms with Crippen LogP contribution in [0.15, 0.2) is 60.8 Å². The van der Waals surface area contributed by atoms with Crippen LogP contribution in [0.25, 0.3) is 0 Å². The van der Waals surface area contributed by atoms with Crippen LogP contribution in [0.2, 0.25) is 0 Å². The monoisotopic (exact) mass is 1160 g/mol. The van der Waals surface area contributed by atoms with Crippen LogP contribution in [0.5, 0.6) is 0 Å². The van der Waals surface area contributed by atoms with Gasteiger partial charge in [0.25, 0.3) is 0 Å². The highest BCUT2D eigenvalue weighted by molar-refractivity contribution is 5.71. The van der Waals surface area contributed by atoms with Crippen molar-refractivity contribution in [3.8, 4) is 0 Å². The summed E-state index contributed by atoms with van der Waals surface area (Å²) in [7, 11) is 0. The molecule has 0 aromatic carbocycles. The summed E-state index contributed by atoms with van der Waals surface area (Å²) in [5, 5.41) is 0. The lowest BCUT2D eigenvalue weighted by Gasteiger charge is -2.18. The molecule has 0 radical (unpaired) electrons. The van der Waals surface area contributed by atoms with E-state index in [1.54, 1.807) is 0 Å². The zero-order valence-corrected chi connectivity index (χ0v) is 55.7. The Morgan fingerprint density at radius 2 is 0.470 bits per heavy atom. The summed E-state index contributed by atoms with van der Waals surface area (Å²) in [6.45, 7) is 6.51. The first kappa shape index (κ1) is 80.1. The van der Waals surface area contributed by atoms with Crippen LogP contribution in [-0.4, -0.2) is 37.2 Å². The van der Waals surface area contributed by atoms with Crippen molar-refractivity contribution in [3.63, 3.8) is 0 Å². The van der Waals surface area contributed by atoms with Gasteiger partial charge in [0.2, 0.25) is 0 Å². The number of carbonyl (C=O) groups is 3. The van der Waals surface area contributed by atoms with Gasteiger partial charge >= 0.3 is 17.9 Å². The molecule has 0 aliphatic carbocycles. The number of carbonyl (C=O) groups excluding carboxylic acids is 3. The van der Waals surface area contributed by atoms with Crippen LogP contribution in [0.4, 0.5) is 0 Å². The van der Waals surface area contributed by atoms with Crippen molar-refractivity contribution in [2.24, 2.45) is 0 Å². The van der Waals surface area contributed by atoms with E-state index in [2.05, 4.69) is 81.5 Å². The highest BCUT2D eigenvalue weighted by Crippen LogP contribution is 2.19. The first-order valence-corrected chi connectivity index (χ1v) is 36.8. The lowest BCUT2D eigenvalue weighted by molar-refractivity contribution is -0.167. The van der Waals surface area contributed by atoms with E-state index in [9.17, 15) is 14.4 Å². The van der Waals surface area contributed by atoms with Crippen molar-refractivity contribution in [2.75, 3.05) is 13.2 Å². The van der Waals surface area contributed by atoms with E-state index in [4.69, 9.17) is 14.2 Å². The van der Waals surface area contributed by atoms with Crippen LogP contribution in [0.1, 0.15) is 393 Å². The number of rotatable bonds is 68. The van der Waals surface area contributed by atoms with Gasteiger partial charge in [0.15, 0.2) is 6.10 Å². The van der Waals surface area contributed by atoms with Gasteiger partial charge in [-0.3, -0.25) is 14.4 Å². The lowest BCUT2D eigenvalue weighted by atomic mass is 10.0. The zero-order chi connectivity index (χ0) is 59.9. The Balaban J connectivity index is 3.91. The minimum absolute atomic E-state index is 0.0697. The molecule has 0 saturated carbocycles. The van der Waals surface area contributed by atoms with Gasteiger partial charge in [-0.2, -0.15) is 0 Å². The van der Waals surface area contributed by atoms with E-state index in [1.165, 1.54) is 257 Å². The molecular formula is C77H140O6. The number of hydrogen-bond donors (Lipinski definition) is 0. The van der Waals surface area contributed by atoms with Gasteiger partial charge in [-0.25, -0.2) is 0 Å². The maximum Gasteiger partial charge on any atom is 0.306 e. The molecule has 0 aliphatic rings. The van der Waals surface area contributed by atoms with Crippen molar-refractivity contribution in [2.45, 2.75) is 399 Å². The fourth-order valence-corrected chi connectivity index (χ4v) is 11.1. The van der Waals surface area contributed by atoms with Crippen molar-refractivity contribution in [3.05, 3.63) is 60.8 Å². The van der Waals surface area contributed by atoms with E-state index >= 15 is 0 Å². The zero-order valence-electron chi connectivity index (χ0n) is 55.7. The summed E-state index contributed by atoms with van der Waals surface area (Å²) in [6, 6.07) is 0. The van der Waals surface area contributed by atoms with Crippen molar-refractivity contribution < 1.29 is 28.6 Å². The fourth-order valence-electron chi connectivity index (χ4n) is 11.1. The molecule has 83 heavy (non-hydrogen) atoms. The predicted octanol–water partition coefficient (Wildman–Crippen LogP) is 25.5. The van der Waals surface area contributed by atoms with Crippen molar-refractivity contribution in [1.29, 1.82) is 0 Å². The molecule has 1 atom stereocenters. The van der Waals surface area contributed by atoms with E-state index in [1.807, 2.05) is 0 Å². The summed E-state index contributed by atoms with van der Waals surface area (Å²) >= 11 is 0. The highest BCUT2D eigenvalue weighted by Gasteiger charge is 2.19. The van der Waals surface area contributed by atoms with Crippen molar-refractivity contribution in [1.82, 2.24) is 0 Å². The largest absolute Gasteiger partial charge is 0.462 e. The molecule has 6 nitrogen and oxygen atoms in total. The van der Waals surface area contributed by atoms with E-state index in [0.717, 1.165) is 96.3 Å². The molecule has 0 bridgehead atoms. The third-order valence-corrected chi connectivity index (χ3v) is 16.5. The van der Waals surface area contributed by atoms with Gasteiger partial charge < -0.3 is 14.2 Å². The number of esters is 3. The average Bonchev–Trinajstić information content (AvgIpc) is 3.48. The number of ether oxygens (including phenoxy) is 3. The Bertz CT molecular complexity index is 1470. The summed E-state index contributed by atoms with van der Waals surface area (Å²) < 4.78 is 16.8. The maximum absolute atomic E-state index is 12.9. The van der Waals surface area contributed by atoms with Gasteiger partial charge in [-0.1, -0.05) is 370 Å². The Kier molecular flexibility index (Phi) is 69.1. The van der Waals surface area contributed by atoms with Gasteiger partial charge in [0, 0.05) is 19.3 Å². The second-order valence-electron chi connectivity index (χ2n) is 24.8. The minimum Gasteiger partial charge on any atom is -0.462 e. The Hall–Kier alpha value is -2.89. The molecule has 0 saturated heterocycles. The molecule has 0 aromatic heterocycles. The molecule has 0 spiro atoms. The Morgan fingerprint density at radius 1 is 0.253 bits per heavy atom. The third kappa shape index (κ3) is 69.8.